The first-order valence-electron chi connectivity index (χ1n) is 25.2. The molecule has 0 aliphatic rings. The molecule has 0 atom stereocenters. The average Bonchev–Trinajstić information content (AvgIpc) is 3.92. The summed E-state index contributed by atoms with van der Waals surface area (Å²) in [4.78, 5) is 10.0. The van der Waals surface area contributed by atoms with Crippen LogP contribution in [0.2, 0.25) is 19.6 Å². The number of fused-ring (bicyclic) bond motifs is 4. The van der Waals surface area contributed by atoms with Gasteiger partial charge in [-0.25, -0.2) is 0 Å². The van der Waals surface area contributed by atoms with Crippen LogP contribution >= 0.6 is 0 Å². The Balaban J connectivity index is 0.000000214. The predicted molar refractivity (Wildman–Crippen MR) is 296 cm³/mol. The van der Waals surface area contributed by atoms with Crippen LogP contribution < -0.4 is 5.19 Å². The third kappa shape index (κ3) is 10.5. The van der Waals surface area contributed by atoms with Gasteiger partial charge in [-0.1, -0.05) is 196 Å². The summed E-state index contributed by atoms with van der Waals surface area (Å²) in [6, 6.07) is 61.7. The Kier molecular flexibility index (Phi) is 13.3. The quantitative estimate of drug-likeness (QED) is 0.118. The van der Waals surface area contributed by atoms with E-state index in [0.717, 1.165) is 94.3 Å². The predicted octanol–water partition coefficient (Wildman–Crippen LogP) is 17.0. The van der Waals surface area contributed by atoms with Gasteiger partial charge in [0.25, 0.3) is 0 Å². The average molecular weight is 1110 g/mol. The Morgan fingerprint density at radius 2 is 1.21 bits per heavy atom. The fourth-order valence-corrected chi connectivity index (χ4v) is 10.4. The summed E-state index contributed by atoms with van der Waals surface area (Å²) < 4.78 is 26.6. The second kappa shape index (κ2) is 19.6. The van der Waals surface area contributed by atoms with E-state index < -0.39 is 19.9 Å². The molecule has 6 heteroatoms. The summed E-state index contributed by atoms with van der Waals surface area (Å²) in [5.74, 6) is 0.800. The van der Waals surface area contributed by atoms with E-state index in [1.54, 1.807) is 0 Å². The zero-order valence-corrected chi connectivity index (χ0v) is 46.1. The van der Waals surface area contributed by atoms with Gasteiger partial charge in [0.2, 0.25) is 0 Å². The molecule has 3 heterocycles. The fourth-order valence-electron chi connectivity index (χ4n) is 9.05. The van der Waals surface area contributed by atoms with Crippen molar-refractivity contribution in [3.05, 3.63) is 193 Å². The van der Waals surface area contributed by atoms with E-state index in [9.17, 15) is 0 Å². The Bertz CT molecular complexity index is 3490. The van der Waals surface area contributed by atoms with E-state index in [2.05, 4.69) is 199 Å². The number of benzene rings is 7. The molecule has 10 rings (SSSR count). The van der Waals surface area contributed by atoms with E-state index in [4.69, 9.17) is 17.1 Å². The molecule has 0 unspecified atom stereocenters. The van der Waals surface area contributed by atoms with E-state index in [1.165, 1.54) is 11.1 Å². The summed E-state index contributed by atoms with van der Waals surface area (Å²) in [6.07, 6.45) is 0.472. The number of pyridine rings is 1. The van der Waals surface area contributed by atoms with Crippen LogP contribution in [0.4, 0.5) is 0 Å². The molecule has 0 fully saturated rings. The molecule has 0 saturated heterocycles. The van der Waals surface area contributed by atoms with Gasteiger partial charge in [-0.05, 0) is 80.5 Å². The molecule has 3 aromatic heterocycles. The number of furan rings is 1. The Labute approximate surface area is 433 Å². The normalized spacial score (nSPS) is 12.9. The Hall–Kier alpha value is -6.17. The van der Waals surface area contributed by atoms with Crippen molar-refractivity contribution in [1.29, 1.82) is 0 Å². The molecule has 0 aliphatic carbocycles. The summed E-state index contributed by atoms with van der Waals surface area (Å²) in [6.45, 7) is 26.1. The molecule has 7 aromatic carbocycles. The van der Waals surface area contributed by atoms with Crippen LogP contribution in [0.15, 0.2) is 168 Å². The Morgan fingerprint density at radius 1 is 0.629 bits per heavy atom. The zero-order valence-electron chi connectivity index (χ0n) is 44.7. The van der Waals surface area contributed by atoms with Crippen LogP contribution in [0, 0.1) is 17.5 Å². The second-order valence-corrected chi connectivity index (χ2v) is 27.4. The molecule has 0 N–H and O–H groups in total. The van der Waals surface area contributed by atoms with Crippen LogP contribution in [0.1, 0.15) is 81.7 Å². The maximum absolute atomic E-state index is 8.89. The zero-order chi connectivity index (χ0) is 50.7. The van der Waals surface area contributed by atoms with Crippen LogP contribution in [0.5, 0.6) is 0 Å². The van der Waals surface area contributed by atoms with Gasteiger partial charge in [0, 0.05) is 45.6 Å². The van der Waals surface area contributed by atoms with Crippen LogP contribution in [0.25, 0.3) is 83.6 Å². The van der Waals surface area contributed by atoms with E-state index in [0.29, 0.717) is 0 Å². The van der Waals surface area contributed by atoms with Crippen LogP contribution in [-0.4, -0.2) is 22.6 Å². The third-order valence-electron chi connectivity index (χ3n) is 12.7. The van der Waals surface area contributed by atoms with Gasteiger partial charge in [-0.15, -0.1) is 53.6 Å². The topological polar surface area (TPSA) is 43.9 Å². The molecular weight excluding hydrogens is 1050 g/mol. The van der Waals surface area contributed by atoms with E-state index >= 15 is 0 Å². The minimum absolute atomic E-state index is 0. The summed E-state index contributed by atoms with van der Waals surface area (Å²) in [7, 11) is -1.74. The second-order valence-electron chi connectivity index (χ2n) is 22.3. The molecule has 357 valence electrons. The number of aromatic nitrogens is 3. The minimum atomic E-state index is -1.74. The number of imidazole rings is 1. The van der Waals surface area contributed by atoms with Gasteiger partial charge in [0.05, 0.1) is 36.2 Å². The molecule has 0 bridgehead atoms. The van der Waals surface area contributed by atoms with Gasteiger partial charge >= 0.3 is 0 Å². The first-order chi connectivity index (χ1) is 33.5. The molecule has 70 heavy (non-hydrogen) atoms. The van der Waals surface area contributed by atoms with Gasteiger partial charge in [-0.2, -0.15) is 0 Å². The molecule has 10 aromatic rings. The molecule has 1 radical (unpaired) electrons. The third-order valence-corrected chi connectivity index (χ3v) is 14.7. The van der Waals surface area contributed by atoms with Gasteiger partial charge in [0.1, 0.15) is 5.58 Å². The molecule has 0 spiro atoms. The van der Waals surface area contributed by atoms with Crippen molar-refractivity contribution < 1.29 is 27.3 Å². The van der Waals surface area contributed by atoms with Gasteiger partial charge < -0.3 is 14.0 Å². The van der Waals surface area contributed by atoms with Crippen molar-refractivity contribution in [2.24, 2.45) is 5.41 Å². The molecular formula is C64H65IrN3OSi-2. The fraction of sp³-hybridized carbons (Fsp3) is 0.250. The monoisotopic (exact) mass is 1110 g/mol. The van der Waals surface area contributed by atoms with E-state index in [1.807, 2.05) is 63.4 Å². The van der Waals surface area contributed by atoms with Gasteiger partial charge in [0.15, 0.2) is 0 Å². The molecule has 0 saturated carbocycles. The first kappa shape index (κ1) is 47.5. The number of hydrogen-bond acceptors (Lipinski definition) is 3. The van der Waals surface area contributed by atoms with Crippen molar-refractivity contribution in [2.45, 2.75) is 99.2 Å². The van der Waals surface area contributed by atoms with Crippen molar-refractivity contribution >= 4 is 46.2 Å². The van der Waals surface area contributed by atoms with Crippen molar-refractivity contribution in [3.8, 4) is 50.6 Å². The van der Waals surface area contributed by atoms with Crippen molar-refractivity contribution in [1.82, 2.24) is 14.5 Å². The SMILES string of the molecule is CC(C)(C)c1cc(-c2ccccc2)c(-n2c(-c3[c-]ccc4c3oc3ccccc34)nc3ccccc32)c(-c2ccccc2)c1.[2H]C([2H])(c1cc(-c2[c-]ccc(C(C)(C)C)c2)ncc1[Si](C)(C)C)C(C)(C)C.[Ir]. The number of para-hydroxylation sites is 3. The standard InChI is InChI=1S/C41H31N2O.C23H34NSi.Ir/c1-41(2,3)29-25-33(27-15-6-4-7-16-27)38(34(26-29)28-17-8-5-9-18-28)43-36-23-12-11-22-35(36)42-40(43)32-21-14-20-31-30-19-10-13-24-37(30)44-39(31)32;1-22(2,3)15-18-14-20(24-16-21(18)25(7,8)9)17-11-10-12-19(13-17)23(4,5)6;/h4-20,22-26H,1-3H3;10,12-14,16H,15H2,1-9H3;/q2*-1;/i;15D2;. The Morgan fingerprint density at radius 3 is 1.83 bits per heavy atom. The van der Waals surface area contributed by atoms with Crippen LogP contribution in [-0.2, 0) is 37.3 Å². The molecule has 4 nitrogen and oxygen atoms in total. The number of nitrogens with zero attached hydrogens (tertiary/aromatic N) is 3. The number of rotatable bonds is 7. The maximum atomic E-state index is 8.89. The van der Waals surface area contributed by atoms with Crippen molar-refractivity contribution in [3.63, 3.8) is 0 Å². The minimum Gasteiger partial charge on any atom is -0.501 e. The first-order valence-corrected chi connectivity index (χ1v) is 27.7. The molecule has 0 amide bonds. The largest absolute Gasteiger partial charge is 0.501 e. The summed E-state index contributed by atoms with van der Waals surface area (Å²) in [5.41, 5.74) is 14.6. The molecule has 0 aliphatic heterocycles. The van der Waals surface area contributed by atoms with E-state index in [-0.39, 0.29) is 30.9 Å². The summed E-state index contributed by atoms with van der Waals surface area (Å²) in [5, 5.41) is 3.24. The van der Waals surface area contributed by atoms with Gasteiger partial charge in [-0.3, -0.25) is 4.98 Å². The smallest absolute Gasteiger partial charge is 0.120 e. The summed E-state index contributed by atoms with van der Waals surface area (Å²) >= 11 is 0. The van der Waals surface area contributed by atoms with Crippen LogP contribution in [0.3, 0.4) is 0 Å². The van der Waals surface area contributed by atoms with Crippen molar-refractivity contribution in [2.75, 3.05) is 0 Å². The number of hydrogen-bond donors (Lipinski definition) is 0. The maximum Gasteiger partial charge on any atom is 0.120 e.